The molecule has 0 bridgehead atoms. The van der Waals surface area contributed by atoms with Gasteiger partial charge in [0.05, 0.1) is 19.1 Å². The Morgan fingerprint density at radius 3 is 1.85 bits per heavy atom. The lowest BCUT2D eigenvalue weighted by atomic mass is 10.1. The summed E-state index contributed by atoms with van der Waals surface area (Å²) in [6, 6.07) is 25.6. The number of benzene rings is 3. The number of rotatable bonds is 16. The van der Waals surface area contributed by atoms with Crippen molar-refractivity contribution in [3.8, 4) is 0 Å². The lowest BCUT2D eigenvalue weighted by Crippen LogP contribution is -2.46. The lowest BCUT2D eigenvalue weighted by molar-refractivity contribution is -0.145. The quantitative estimate of drug-likeness (QED) is 0.138. The minimum absolute atomic E-state index is 0.0445. The van der Waals surface area contributed by atoms with Gasteiger partial charge in [0.15, 0.2) is 0 Å². The van der Waals surface area contributed by atoms with Crippen molar-refractivity contribution in [3.05, 3.63) is 96.1 Å². The number of nitrogens with one attached hydrogen (secondary N) is 2. The second-order valence-corrected chi connectivity index (χ2v) is 13.7. The smallest absolute Gasteiger partial charge is 0.407 e. The van der Waals surface area contributed by atoms with Gasteiger partial charge in [-0.25, -0.2) is 13.2 Å². The van der Waals surface area contributed by atoms with Gasteiger partial charge in [-0.3, -0.25) is 9.59 Å². The Morgan fingerprint density at radius 2 is 1.35 bits per heavy atom. The third-order valence-corrected chi connectivity index (χ3v) is 9.35. The number of esters is 1. The number of sulfonamides is 1. The predicted molar refractivity (Wildman–Crippen MR) is 188 cm³/mol. The zero-order chi connectivity index (χ0) is 35.5. The van der Waals surface area contributed by atoms with Crippen LogP contribution in [0.1, 0.15) is 57.6 Å². The number of amides is 2. The molecule has 0 aliphatic carbocycles. The second-order valence-electron chi connectivity index (χ2n) is 11.8. The largest absolute Gasteiger partial charge is 0.468 e. The molecule has 0 aliphatic rings. The number of nitrogens with two attached hydrogens (primary N) is 1. The maximum Gasteiger partial charge on any atom is 0.407 e. The van der Waals surface area contributed by atoms with E-state index in [4.69, 9.17) is 10.5 Å². The molecule has 0 heterocycles. The van der Waals surface area contributed by atoms with Crippen LogP contribution in [0.4, 0.5) is 10.5 Å². The Labute approximate surface area is 285 Å². The van der Waals surface area contributed by atoms with Crippen molar-refractivity contribution in [2.75, 3.05) is 33.0 Å². The molecule has 2 unspecified atom stereocenters. The zero-order valence-electron chi connectivity index (χ0n) is 28.6. The van der Waals surface area contributed by atoms with Gasteiger partial charge in [-0.2, -0.15) is 4.31 Å². The van der Waals surface area contributed by atoms with Crippen LogP contribution in [0.3, 0.4) is 0 Å². The molecular weight excluding hydrogens is 632 g/mol. The molecule has 2 amide bonds. The fraction of sp³-hybridized carbons (Fsp3) is 0.417. The molecule has 3 rings (SSSR count). The number of alkyl carbamates (subject to hydrolysis) is 1. The number of methoxy groups -OCH3 is 2. The van der Waals surface area contributed by atoms with Crippen LogP contribution in [0.15, 0.2) is 89.8 Å². The molecule has 0 spiro atoms. The molecule has 3 aromatic carbocycles. The first-order valence-corrected chi connectivity index (χ1v) is 17.5. The molecule has 12 heteroatoms. The van der Waals surface area contributed by atoms with Crippen LogP contribution in [0.5, 0.6) is 0 Å². The third-order valence-electron chi connectivity index (χ3n) is 7.43. The fourth-order valence-corrected chi connectivity index (χ4v) is 6.41. The first-order valence-electron chi connectivity index (χ1n) is 16.0. The molecule has 2 atom stereocenters. The van der Waals surface area contributed by atoms with E-state index in [0.717, 1.165) is 6.42 Å². The topological polar surface area (TPSA) is 157 Å². The van der Waals surface area contributed by atoms with Crippen LogP contribution in [0, 0.1) is 5.92 Å². The highest BCUT2D eigenvalue weighted by Gasteiger charge is 2.36. The van der Waals surface area contributed by atoms with Gasteiger partial charge >= 0.3 is 12.1 Å². The van der Waals surface area contributed by atoms with Gasteiger partial charge in [-0.1, -0.05) is 74.5 Å². The Kier molecular flexibility index (Phi) is 17.2. The highest BCUT2D eigenvalue weighted by Crippen LogP contribution is 2.24. The summed E-state index contributed by atoms with van der Waals surface area (Å²) in [6.45, 7) is 5.65. The minimum Gasteiger partial charge on any atom is -0.468 e. The summed E-state index contributed by atoms with van der Waals surface area (Å²) in [6.07, 6.45) is 2.01. The van der Waals surface area contributed by atoms with E-state index >= 15 is 0 Å². The van der Waals surface area contributed by atoms with Crippen LogP contribution < -0.4 is 16.4 Å². The molecular formula is C36H50N4O7S. The lowest BCUT2D eigenvalue weighted by Gasteiger charge is -2.30. The minimum atomic E-state index is -4.00. The van der Waals surface area contributed by atoms with Crippen molar-refractivity contribution in [2.24, 2.45) is 5.92 Å². The molecule has 0 radical (unpaired) electrons. The van der Waals surface area contributed by atoms with Crippen molar-refractivity contribution >= 4 is 33.7 Å². The van der Waals surface area contributed by atoms with E-state index in [9.17, 15) is 22.8 Å². The fourth-order valence-electron chi connectivity index (χ4n) is 4.79. The van der Waals surface area contributed by atoms with E-state index in [1.54, 1.807) is 6.92 Å². The normalized spacial score (nSPS) is 12.3. The van der Waals surface area contributed by atoms with Gasteiger partial charge in [0.1, 0.15) is 12.6 Å². The summed E-state index contributed by atoms with van der Waals surface area (Å²) in [4.78, 5) is 35.8. The first-order chi connectivity index (χ1) is 22.9. The SMILES string of the molecule is COC(=O)NCC(=O)NC(C)CCCC(C(=O)OC)N(CCC(C)C)S(=O)(=O)c1ccc(N)cc1.c1ccc(Cc2ccccc2)cc1. The van der Waals surface area contributed by atoms with Crippen molar-refractivity contribution < 1.29 is 32.3 Å². The van der Waals surface area contributed by atoms with Gasteiger partial charge in [-0.05, 0) is 80.3 Å². The predicted octanol–water partition coefficient (Wildman–Crippen LogP) is 5.16. The van der Waals surface area contributed by atoms with Crippen LogP contribution >= 0.6 is 0 Å². The van der Waals surface area contributed by atoms with Crippen LogP contribution in [-0.4, -0.2) is 70.1 Å². The standard InChI is InChI=1S/C23H38N4O7S.C13H12/c1-16(2)13-14-27(35(31,32)19-11-9-18(24)10-12-19)20(22(29)33-4)8-6-7-17(3)26-21(28)15-25-23(30)34-5;1-3-7-12(8-4-1)11-13-9-5-2-6-10-13/h9-12,16-17,20H,6-8,13-15,24H2,1-5H3,(H,25,30)(H,26,28);1-10H,11H2. The van der Waals surface area contributed by atoms with Crippen molar-refractivity contribution in [2.45, 2.75) is 69.9 Å². The van der Waals surface area contributed by atoms with Crippen LogP contribution in [0.25, 0.3) is 0 Å². The summed E-state index contributed by atoms with van der Waals surface area (Å²) >= 11 is 0. The molecule has 262 valence electrons. The maximum atomic E-state index is 13.5. The van der Waals surface area contributed by atoms with Crippen LogP contribution in [0.2, 0.25) is 0 Å². The maximum absolute atomic E-state index is 13.5. The van der Waals surface area contributed by atoms with E-state index in [1.807, 2.05) is 13.8 Å². The van der Waals surface area contributed by atoms with Gasteiger partial charge in [-0.15, -0.1) is 0 Å². The Hall–Kier alpha value is -4.42. The average Bonchev–Trinajstić information content (AvgIpc) is 3.07. The summed E-state index contributed by atoms with van der Waals surface area (Å²) in [5.41, 5.74) is 8.87. The molecule has 0 aliphatic heterocycles. The molecule has 48 heavy (non-hydrogen) atoms. The highest BCUT2D eigenvalue weighted by atomic mass is 32.2. The van der Waals surface area contributed by atoms with Crippen LogP contribution in [-0.2, 0) is 35.5 Å². The van der Waals surface area contributed by atoms with E-state index in [0.29, 0.717) is 24.9 Å². The summed E-state index contributed by atoms with van der Waals surface area (Å²) in [5.74, 6) is -0.824. The molecule has 11 nitrogen and oxygen atoms in total. The van der Waals surface area contributed by atoms with Gasteiger partial charge in [0.2, 0.25) is 15.9 Å². The van der Waals surface area contributed by atoms with E-state index in [1.165, 1.54) is 53.9 Å². The number of carbonyl (C=O) groups is 3. The molecule has 0 fully saturated rings. The van der Waals surface area contributed by atoms with E-state index in [2.05, 4.69) is 76.0 Å². The van der Waals surface area contributed by atoms with Crippen molar-refractivity contribution in [3.63, 3.8) is 0 Å². The number of hydrogen-bond donors (Lipinski definition) is 3. The number of nitrogens with zero attached hydrogens (tertiary/aromatic N) is 1. The number of nitrogen functional groups attached to an aromatic ring is 1. The number of carbonyl (C=O) groups excluding carboxylic acids is 3. The summed E-state index contributed by atoms with van der Waals surface area (Å²) in [5, 5.41) is 5.03. The number of ether oxygens (including phenoxy) is 2. The molecule has 3 aromatic rings. The van der Waals surface area contributed by atoms with Gasteiger partial charge in [0.25, 0.3) is 0 Å². The number of anilines is 1. The molecule has 0 saturated carbocycles. The molecule has 4 N–H and O–H groups in total. The number of hydrogen-bond acceptors (Lipinski definition) is 8. The van der Waals surface area contributed by atoms with Gasteiger partial charge < -0.3 is 25.8 Å². The zero-order valence-corrected chi connectivity index (χ0v) is 29.4. The van der Waals surface area contributed by atoms with Gasteiger partial charge in [0, 0.05) is 18.3 Å². The Balaban J connectivity index is 0.000000505. The Bertz CT molecular complexity index is 1460. The summed E-state index contributed by atoms with van der Waals surface area (Å²) < 4.78 is 37.5. The summed E-state index contributed by atoms with van der Waals surface area (Å²) in [7, 11) is -1.58. The molecule has 0 aromatic heterocycles. The van der Waals surface area contributed by atoms with E-state index in [-0.39, 0.29) is 36.4 Å². The Morgan fingerprint density at radius 1 is 0.792 bits per heavy atom. The monoisotopic (exact) mass is 682 g/mol. The second kappa shape index (κ2) is 20.7. The van der Waals surface area contributed by atoms with E-state index < -0.39 is 34.0 Å². The third kappa shape index (κ3) is 14.1. The van der Waals surface area contributed by atoms with Crippen molar-refractivity contribution in [1.82, 2.24) is 14.9 Å². The highest BCUT2D eigenvalue weighted by molar-refractivity contribution is 7.89. The molecule has 0 saturated heterocycles. The first kappa shape index (κ1) is 39.8. The average molecular weight is 683 g/mol. The van der Waals surface area contributed by atoms with Crippen molar-refractivity contribution in [1.29, 1.82) is 0 Å².